The van der Waals surface area contributed by atoms with Crippen molar-refractivity contribution in [1.29, 1.82) is 0 Å². The molecular formula is C14H15BrS. The normalized spacial score (nSPS) is 32.6. The molecule has 0 N–H and O–H groups in total. The molecule has 0 spiro atoms. The van der Waals surface area contributed by atoms with E-state index in [9.17, 15) is 0 Å². The Balaban J connectivity index is 1.80. The lowest BCUT2D eigenvalue weighted by molar-refractivity contribution is 0.527. The number of thioether (sulfide) groups is 1. The molecule has 1 saturated carbocycles. The second-order valence-corrected chi connectivity index (χ2v) is 6.87. The molecule has 1 aromatic rings. The third-order valence-corrected chi connectivity index (χ3v) is 6.11. The summed E-state index contributed by atoms with van der Waals surface area (Å²) < 4.78 is 1.43. The van der Waals surface area contributed by atoms with Crippen LogP contribution in [0.4, 0.5) is 0 Å². The molecule has 3 atom stereocenters. The fraction of sp³-hybridized carbons (Fsp3) is 0.429. The summed E-state index contributed by atoms with van der Waals surface area (Å²) in [5, 5.41) is 0.654. The fourth-order valence-corrected chi connectivity index (χ4v) is 5.09. The zero-order chi connectivity index (χ0) is 11.0. The van der Waals surface area contributed by atoms with Gasteiger partial charge in [-0.05, 0) is 43.2 Å². The zero-order valence-corrected chi connectivity index (χ0v) is 11.5. The molecule has 2 heteroatoms. The van der Waals surface area contributed by atoms with Gasteiger partial charge in [0, 0.05) is 14.6 Å². The molecule has 0 saturated heterocycles. The van der Waals surface area contributed by atoms with E-state index in [2.05, 4.69) is 52.3 Å². The molecule has 1 fully saturated rings. The molecule has 0 amide bonds. The van der Waals surface area contributed by atoms with E-state index in [0.717, 1.165) is 11.8 Å². The predicted octanol–water partition coefficient (Wildman–Crippen LogP) is 4.86. The molecule has 2 bridgehead atoms. The highest BCUT2D eigenvalue weighted by Gasteiger charge is 2.36. The summed E-state index contributed by atoms with van der Waals surface area (Å²) in [6.45, 7) is 0. The number of rotatable bonds is 2. The Hall–Kier alpha value is -0.210. The third-order valence-electron chi connectivity index (χ3n) is 3.61. The lowest BCUT2D eigenvalue weighted by Crippen LogP contribution is -2.18. The molecular weight excluding hydrogens is 280 g/mol. The second kappa shape index (κ2) is 4.58. The highest BCUT2D eigenvalue weighted by atomic mass is 79.9. The van der Waals surface area contributed by atoms with Gasteiger partial charge >= 0.3 is 0 Å². The van der Waals surface area contributed by atoms with Crippen LogP contribution in [0.2, 0.25) is 0 Å². The van der Waals surface area contributed by atoms with Crippen LogP contribution in [-0.4, -0.2) is 5.25 Å². The lowest BCUT2D eigenvalue weighted by Gasteiger charge is -2.26. The molecule has 0 heterocycles. The number of fused-ring (bicyclic) bond motifs is 2. The van der Waals surface area contributed by atoms with E-state index in [1.165, 1.54) is 28.6 Å². The Morgan fingerprint density at radius 3 is 2.75 bits per heavy atom. The molecule has 1 aromatic carbocycles. The number of hydrogen-bond acceptors (Lipinski definition) is 1. The molecule has 3 unspecified atom stereocenters. The summed E-state index contributed by atoms with van der Waals surface area (Å²) in [5.41, 5.74) is 0. The van der Waals surface area contributed by atoms with E-state index in [1.54, 1.807) is 0 Å². The van der Waals surface area contributed by atoms with Crippen molar-refractivity contribution in [3.8, 4) is 0 Å². The Labute approximate surface area is 110 Å². The molecule has 0 aliphatic heterocycles. The van der Waals surface area contributed by atoms with Crippen molar-refractivity contribution in [1.82, 2.24) is 0 Å². The van der Waals surface area contributed by atoms with Gasteiger partial charge < -0.3 is 0 Å². The molecule has 2 aliphatic carbocycles. The Kier molecular flexibility index (Phi) is 3.12. The van der Waals surface area contributed by atoms with Gasteiger partial charge in [-0.15, -0.1) is 11.8 Å². The SMILES string of the molecule is BrC1=CC2CCC(C2)C1Sc1ccccc1. The predicted molar refractivity (Wildman–Crippen MR) is 73.9 cm³/mol. The Morgan fingerprint density at radius 2 is 1.94 bits per heavy atom. The van der Waals surface area contributed by atoms with E-state index in [1.807, 2.05) is 11.8 Å². The minimum absolute atomic E-state index is 0.654. The van der Waals surface area contributed by atoms with Gasteiger partial charge in [0.05, 0.1) is 0 Å². The summed E-state index contributed by atoms with van der Waals surface area (Å²) in [7, 11) is 0. The lowest BCUT2D eigenvalue weighted by atomic mass is 9.95. The van der Waals surface area contributed by atoms with Gasteiger partial charge in [-0.25, -0.2) is 0 Å². The van der Waals surface area contributed by atoms with Gasteiger partial charge in [-0.1, -0.05) is 40.2 Å². The first-order valence-electron chi connectivity index (χ1n) is 5.92. The summed E-state index contributed by atoms with van der Waals surface area (Å²) in [6, 6.07) is 10.8. The van der Waals surface area contributed by atoms with Gasteiger partial charge in [0.25, 0.3) is 0 Å². The fourth-order valence-electron chi connectivity index (χ4n) is 2.82. The number of halogens is 1. The monoisotopic (exact) mass is 294 g/mol. The third kappa shape index (κ3) is 2.10. The molecule has 0 nitrogen and oxygen atoms in total. The van der Waals surface area contributed by atoms with Crippen molar-refractivity contribution >= 4 is 27.7 Å². The summed E-state index contributed by atoms with van der Waals surface area (Å²) in [6.07, 6.45) is 6.65. The van der Waals surface area contributed by atoms with Crippen molar-refractivity contribution in [3.05, 3.63) is 40.9 Å². The Morgan fingerprint density at radius 1 is 1.12 bits per heavy atom. The van der Waals surface area contributed by atoms with E-state index >= 15 is 0 Å². The maximum absolute atomic E-state index is 3.77. The standard InChI is InChI=1S/C14H15BrS/c15-13-9-10-6-7-11(8-10)14(13)16-12-4-2-1-3-5-12/h1-5,9-11,14H,6-8H2. The van der Waals surface area contributed by atoms with Crippen molar-refractivity contribution in [2.75, 3.05) is 0 Å². The van der Waals surface area contributed by atoms with E-state index in [0.29, 0.717) is 5.25 Å². The molecule has 0 aromatic heterocycles. The van der Waals surface area contributed by atoms with Crippen LogP contribution in [0, 0.1) is 11.8 Å². The smallest absolute Gasteiger partial charge is 0.0435 e. The van der Waals surface area contributed by atoms with Crippen LogP contribution in [-0.2, 0) is 0 Å². The second-order valence-electron chi connectivity index (χ2n) is 4.74. The van der Waals surface area contributed by atoms with Crippen molar-refractivity contribution in [2.45, 2.75) is 29.4 Å². The average molecular weight is 295 g/mol. The van der Waals surface area contributed by atoms with Gasteiger partial charge in [0.15, 0.2) is 0 Å². The maximum atomic E-state index is 3.77. The molecule has 16 heavy (non-hydrogen) atoms. The van der Waals surface area contributed by atoms with Gasteiger partial charge in [0.1, 0.15) is 0 Å². The number of benzene rings is 1. The zero-order valence-electron chi connectivity index (χ0n) is 9.10. The highest BCUT2D eigenvalue weighted by molar-refractivity contribution is 9.11. The van der Waals surface area contributed by atoms with Gasteiger partial charge in [-0.2, -0.15) is 0 Å². The van der Waals surface area contributed by atoms with Crippen LogP contribution in [0.5, 0.6) is 0 Å². The van der Waals surface area contributed by atoms with Crippen molar-refractivity contribution in [2.24, 2.45) is 11.8 Å². The van der Waals surface area contributed by atoms with Crippen LogP contribution >= 0.6 is 27.7 Å². The quantitative estimate of drug-likeness (QED) is 0.751. The first kappa shape index (κ1) is 10.9. The summed E-state index contributed by atoms with van der Waals surface area (Å²) >= 11 is 5.79. The molecule has 0 radical (unpaired) electrons. The first-order valence-corrected chi connectivity index (χ1v) is 7.59. The topological polar surface area (TPSA) is 0 Å². The largest absolute Gasteiger partial charge is 0.117 e. The summed E-state index contributed by atoms with van der Waals surface area (Å²) in [4.78, 5) is 1.39. The first-order chi connectivity index (χ1) is 7.83. The van der Waals surface area contributed by atoms with Crippen molar-refractivity contribution < 1.29 is 0 Å². The van der Waals surface area contributed by atoms with E-state index in [4.69, 9.17) is 0 Å². The molecule has 84 valence electrons. The summed E-state index contributed by atoms with van der Waals surface area (Å²) in [5.74, 6) is 1.74. The van der Waals surface area contributed by atoms with E-state index < -0.39 is 0 Å². The van der Waals surface area contributed by atoms with Gasteiger partial charge in [-0.3, -0.25) is 0 Å². The average Bonchev–Trinajstić information content (AvgIpc) is 2.70. The van der Waals surface area contributed by atoms with Crippen LogP contribution in [0.3, 0.4) is 0 Å². The van der Waals surface area contributed by atoms with Crippen LogP contribution in [0.15, 0.2) is 45.8 Å². The highest BCUT2D eigenvalue weighted by Crippen LogP contribution is 2.49. The van der Waals surface area contributed by atoms with E-state index in [-0.39, 0.29) is 0 Å². The number of allylic oxidation sites excluding steroid dienone is 1. The maximum Gasteiger partial charge on any atom is 0.0435 e. The Bertz CT molecular complexity index is 398. The molecule has 2 aliphatic rings. The molecule has 3 rings (SSSR count). The van der Waals surface area contributed by atoms with Gasteiger partial charge in [0.2, 0.25) is 0 Å². The minimum atomic E-state index is 0.654. The number of hydrogen-bond donors (Lipinski definition) is 0. The minimum Gasteiger partial charge on any atom is -0.117 e. The van der Waals surface area contributed by atoms with Crippen LogP contribution < -0.4 is 0 Å². The van der Waals surface area contributed by atoms with Crippen LogP contribution in [0.25, 0.3) is 0 Å². The van der Waals surface area contributed by atoms with Crippen LogP contribution in [0.1, 0.15) is 19.3 Å². The van der Waals surface area contributed by atoms with Crippen molar-refractivity contribution in [3.63, 3.8) is 0 Å².